The topological polar surface area (TPSA) is 73.8 Å². The van der Waals surface area contributed by atoms with Gasteiger partial charge in [-0.05, 0) is 48.9 Å². The van der Waals surface area contributed by atoms with E-state index in [2.05, 4.69) is 8.75 Å². The van der Waals surface area contributed by atoms with Crippen LogP contribution in [0.3, 0.4) is 0 Å². The normalized spacial score (nSPS) is 10.5. The van der Waals surface area contributed by atoms with E-state index in [-0.39, 0.29) is 5.91 Å². The fourth-order valence-electron chi connectivity index (χ4n) is 2.77. The van der Waals surface area contributed by atoms with Crippen LogP contribution in [-0.4, -0.2) is 40.8 Å². The van der Waals surface area contributed by atoms with E-state index < -0.39 is 0 Å². The molecule has 0 bridgehead atoms. The first-order valence-corrected chi connectivity index (χ1v) is 9.72. The van der Waals surface area contributed by atoms with Crippen molar-refractivity contribution in [2.45, 2.75) is 20.1 Å². The van der Waals surface area contributed by atoms with Gasteiger partial charge in [-0.25, -0.2) is 0 Å². The van der Waals surface area contributed by atoms with E-state index in [9.17, 15) is 4.79 Å². The van der Waals surface area contributed by atoms with Gasteiger partial charge >= 0.3 is 0 Å². The second-order valence-corrected chi connectivity index (χ2v) is 6.99. The van der Waals surface area contributed by atoms with Gasteiger partial charge in [0, 0.05) is 19.2 Å². The van der Waals surface area contributed by atoms with Crippen molar-refractivity contribution in [3.05, 3.63) is 65.0 Å². The van der Waals surface area contributed by atoms with Gasteiger partial charge in [0.25, 0.3) is 5.91 Å². The van der Waals surface area contributed by atoms with Crippen LogP contribution < -0.4 is 14.2 Å². The summed E-state index contributed by atoms with van der Waals surface area (Å²) in [7, 11) is 4.95. The highest BCUT2D eigenvalue weighted by Crippen LogP contribution is 2.28. The molecule has 0 atom stereocenters. The van der Waals surface area contributed by atoms with E-state index in [1.807, 2.05) is 25.1 Å². The van der Waals surface area contributed by atoms with Crippen molar-refractivity contribution in [2.75, 3.05) is 21.3 Å². The molecule has 1 heterocycles. The maximum atomic E-state index is 12.7. The lowest BCUT2D eigenvalue weighted by atomic mass is 10.1. The number of aromatic nitrogens is 2. The van der Waals surface area contributed by atoms with E-state index in [0.717, 1.165) is 17.0 Å². The Morgan fingerprint density at radius 3 is 2.38 bits per heavy atom. The number of hydrogen-bond donors (Lipinski definition) is 0. The molecule has 2 aromatic carbocycles. The molecule has 29 heavy (non-hydrogen) atoms. The van der Waals surface area contributed by atoms with Crippen LogP contribution in [0.15, 0.2) is 42.5 Å². The minimum absolute atomic E-state index is 0.0779. The first-order chi connectivity index (χ1) is 14.0. The molecule has 0 unspecified atom stereocenters. The molecule has 0 fully saturated rings. The Hall–Kier alpha value is -3.13. The Morgan fingerprint density at radius 1 is 1.03 bits per heavy atom. The molecule has 0 radical (unpaired) electrons. The third kappa shape index (κ3) is 5.03. The highest BCUT2D eigenvalue weighted by molar-refractivity contribution is 6.99. The van der Waals surface area contributed by atoms with Crippen molar-refractivity contribution >= 4 is 17.6 Å². The van der Waals surface area contributed by atoms with Gasteiger partial charge in [0.2, 0.25) is 0 Å². The van der Waals surface area contributed by atoms with Crippen LogP contribution in [0.2, 0.25) is 0 Å². The van der Waals surface area contributed by atoms with E-state index in [0.29, 0.717) is 36.0 Å². The Morgan fingerprint density at radius 2 is 1.76 bits per heavy atom. The molecule has 1 amide bonds. The largest absolute Gasteiger partial charge is 0.493 e. The predicted molar refractivity (Wildman–Crippen MR) is 111 cm³/mol. The molecule has 7 nitrogen and oxygen atoms in total. The monoisotopic (exact) mass is 413 g/mol. The quantitative estimate of drug-likeness (QED) is 0.560. The second kappa shape index (κ2) is 9.38. The summed E-state index contributed by atoms with van der Waals surface area (Å²) in [5, 5.41) is 0. The summed E-state index contributed by atoms with van der Waals surface area (Å²) in [5.41, 5.74) is 3.24. The van der Waals surface area contributed by atoms with E-state index in [1.54, 1.807) is 50.4 Å². The molecule has 0 aliphatic rings. The lowest BCUT2D eigenvalue weighted by molar-refractivity contribution is 0.0785. The zero-order chi connectivity index (χ0) is 20.8. The predicted octanol–water partition coefficient (Wildman–Crippen LogP) is 3.71. The van der Waals surface area contributed by atoms with Gasteiger partial charge in [-0.1, -0.05) is 6.07 Å². The summed E-state index contributed by atoms with van der Waals surface area (Å²) in [5.74, 6) is 1.89. The molecule has 0 saturated heterocycles. The summed E-state index contributed by atoms with van der Waals surface area (Å²) in [6, 6.07) is 12.7. The molecule has 0 N–H and O–H groups in total. The average molecular weight is 413 g/mol. The third-order valence-corrected chi connectivity index (χ3v) is 5.10. The molecule has 3 rings (SSSR count). The van der Waals surface area contributed by atoms with Crippen molar-refractivity contribution in [3.63, 3.8) is 0 Å². The second-order valence-electron chi connectivity index (χ2n) is 6.46. The van der Waals surface area contributed by atoms with Gasteiger partial charge in [0.05, 0.1) is 31.6 Å². The van der Waals surface area contributed by atoms with Crippen LogP contribution in [0.5, 0.6) is 17.2 Å². The summed E-state index contributed by atoms with van der Waals surface area (Å²) in [4.78, 5) is 14.4. The van der Waals surface area contributed by atoms with E-state index >= 15 is 0 Å². The molecular weight excluding hydrogens is 390 g/mol. The molecule has 8 heteroatoms. The summed E-state index contributed by atoms with van der Waals surface area (Å²) >= 11 is 1.17. The number of amides is 1. The molecule has 3 aromatic rings. The molecule has 1 aromatic heterocycles. The van der Waals surface area contributed by atoms with Gasteiger partial charge < -0.3 is 19.1 Å². The third-order valence-electron chi connectivity index (χ3n) is 4.44. The van der Waals surface area contributed by atoms with Gasteiger partial charge in [0.15, 0.2) is 11.5 Å². The summed E-state index contributed by atoms with van der Waals surface area (Å²) in [6.07, 6.45) is 0. The number of carbonyl (C=O) groups excluding carboxylic acids is 1. The SMILES string of the molecule is COc1ccc(CN(C)C(=O)c2ccc(OCc3nsnc3C)cc2)cc1OC. The van der Waals surface area contributed by atoms with E-state index in [4.69, 9.17) is 14.2 Å². The number of rotatable bonds is 8. The fourth-order valence-corrected chi connectivity index (χ4v) is 3.32. The Balaban J connectivity index is 1.61. The maximum absolute atomic E-state index is 12.7. The molecule has 0 aliphatic heterocycles. The van der Waals surface area contributed by atoms with Gasteiger partial charge in [-0.3, -0.25) is 4.79 Å². The highest BCUT2D eigenvalue weighted by Gasteiger charge is 2.14. The lowest BCUT2D eigenvalue weighted by Crippen LogP contribution is -2.26. The number of aryl methyl sites for hydroxylation is 1. The molecule has 0 aliphatic carbocycles. The van der Waals surface area contributed by atoms with Crippen molar-refractivity contribution in [3.8, 4) is 17.2 Å². The first-order valence-electron chi connectivity index (χ1n) is 8.99. The van der Waals surface area contributed by atoms with Gasteiger partial charge in [-0.2, -0.15) is 8.75 Å². The number of carbonyl (C=O) groups is 1. The molecule has 0 saturated carbocycles. The summed E-state index contributed by atoms with van der Waals surface area (Å²) < 4.78 is 24.6. The number of hydrogen-bond acceptors (Lipinski definition) is 7. The van der Waals surface area contributed by atoms with Crippen molar-refractivity contribution in [2.24, 2.45) is 0 Å². The lowest BCUT2D eigenvalue weighted by Gasteiger charge is -2.18. The van der Waals surface area contributed by atoms with Crippen molar-refractivity contribution in [1.82, 2.24) is 13.6 Å². The van der Waals surface area contributed by atoms with Crippen LogP contribution in [0, 0.1) is 6.92 Å². The standard InChI is InChI=1S/C21H23N3O4S/c1-14-18(23-29-22-14)13-28-17-8-6-16(7-9-17)21(25)24(2)12-15-5-10-19(26-3)20(11-15)27-4/h5-11H,12-13H2,1-4H3. The average Bonchev–Trinajstić information content (AvgIpc) is 3.16. The van der Waals surface area contributed by atoms with Crippen LogP contribution in [-0.2, 0) is 13.2 Å². The van der Waals surface area contributed by atoms with E-state index in [1.165, 1.54) is 11.7 Å². The van der Waals surface area contributed by atoms with Crippen LogP contribution in [0.25, 0.3) is 0 Å². The zero-order valence-electron chi connectivity index (χ0n) is 16.8. The Labute approximate surface area is 174 Å². The summed E-state index contributed by atoms with van der Waals surface area (Å²) in [6.45, 7) is 2.71. The Kier molecular flexibility index (Phi) is 6.66. The molecular formula is C21H23N3O4S. The van der Waals surface area contributed by atoms with Gasteiger partial charge in [0.1, 0.15) is 18.1 Å². The number of methoxy groups -OCH3 is 2. The zero-order valence-corrected chi connectivity index (χ0v) is 17.7. The maximum Gasteiger partial charge on any atom is 0.253 e. The number of nitrogens with zero attached hydrogens (tertiary/aromatic N) is 3. The van der Waals surface area contributed by atoms with Crippen LogP contribution in [0.1, 0.15) is 27.3 Å². The van der Waals surface area contributed by atoms with Gasteiger partial charge in [-0.15, -0.1) is 0 Å². The number of benzene rings is 2. The smallest absolute Gasteiger partial charge is 0.253 e. The molecule has 152 valence electrons. The minimum atomic E-state index is -0.0779. The van der Waals surface area contributed by atoms with Crippen molar-refractivity contribution in [1.29, 1.82) is 0 Å². The number of ether oxygens (including phenoxy) is 3. The van der Waals surface area contributed by atoms with Crippen LogP contribution in [0.4, 0.5) is 0 Å². The van der Waals surface area contributed by atoms with Crippen LogP contribution >= 0.6 is 11.7 Å². The van der Waals surface area contributed by atoms with Crippen molar-refractivity contribution < 1.29 is 19.0 Å². The Bertz CT molecular complexity index is 972. The first kappa shape index (κ1) is 20.6. The molecule has 0 spiro atoms. The fraction of sp³-hybridized carbons (Fsp3) is 0.286. The highest BCUT2D eigenvalue weighted by atomic mass is 32.1. The minimum Gasteiger partial charge on any atom is -0.493 e.